The molecule has 0 saturated heterocycles. The van der Waals surface area contributed by atoms with Gasteiger partial charge in [-0.15, -0.1) is 6.42 Å². The van der Waals surface area contributed by atoms with Gasteiger partial charge in [-0.2, -0.15) is 0 Å². The van der Waals surface area contributed by atoms with Crippen LogP contribution in [0, 0.1) is 12.3 Å². The summed E-state index contributed by atoms with van der Waals surface area (Å²) in [4.78, 5) is 11.5. The van der Waals surface area contributed by atoms with Crippen molar-refractivity contribution in [2.75, 3.05) is 13.1 Å². The minimum Gasteiger partial charge on any atom is -0.348 e. The van der Waals surface area contributed by atoms with Crippen LogP contribution in [-0.2, 0) is 4.79 Å². The molecule has 1 rings (SSSR count). The molecule has 0 aliphatic carbocycles. The number of hydrogen-bond acceptors (Lipinski definition) is 2. The van der Waals surface area contributed by atoms with Crippen LogP contribution in [0.1, 0.15) is 18.5 Å². The average Bonchev–Trinajstić information content (AvgIpc) is 2.30. The Hall–Kier alpha value is -1.50. The number of amides is 1. The van der Waals surface area contributed by atoms with Gasteiger partial charge in [-0.25, -0.2) is 0 Å². The zero-order chi connectivity index (χ0) is 12.7. The maximum Gasteiger partial charge on any atom is 0.234 e. The summed E-state index contributed by atoms with van der Waals surface area (Å²) in [5, 5.41) is 6.38. The van der Waals surface area contributed by atoms with Gasteiger partial charge in [0.15, 0.2) is 0 Å². The predicted molar refractivity (Wildman–Crippen MR) is 69.7 cm³/mol. The number of rotatable bonds is 5. The van der Waals surface area contributed by atoms with Gasteiger partial charge < -0.3 is 5.32 Å². The summed E-state index contributed by atoms with van der Waals surface area (Å²) in [7, 11) is 0. The molecular weight excluding hydrogens is 236 g/mol. The van der Waals surface area contributed by atoms with Gasteiger partial charge in [0.25, 0.3) is 0 Å². The number of benzene rings is 1. The number of carbonyl (C=O) groups is 1. The lowest BCUT2D eigenvalue weighted by Crippen LogP contribution is -2.35. The van der Waals surface area contributed by atoms with Gasteiger partial charge in [0.05, 0.1) is 19.1 Å². The molecule has 0 saturated carbocycles. The third kappa shape index (κ3) is 4.90. The summed E-state index contributed by atoms with van der Waals surface area (Å²) in [5.41, 5.74) is 1.01. The quantitative estimate of drug-likeness (QED) is 0.617. The van der Waals surface area contributed by atoms with Gasteiger partial charge in [0.1, 0.15) is 0 Å². The van der Waals surface area contributed by atoms with Crippen LogP contribution in [0.25, 0.3) is 0 Å². The fourth-order valence-electron chi connectivity index (χ4n) is 1.38. The van der Waals surface area contributed by atoms with Crippen molar-refractivity contribution in [1.82, 2.24) is 10.6 Å². The van der Waals surface area contributed by atoms with Crippen LogP contribution in [-0.4, -0.2) is 19.0 Å². The molecule has 0 fully saturated rings. The van der Waals surface area contributed by atoms with Crippen molar-refractivity contribution in [2.24, 2.45) is 0 Å². The Bertz CT molecular complexity index is 408. The van der Waals surface area contributed by atoms with Crippen molar-refractivity contribution in [3.05, 3.63) is 34.9 Å². The third-order valence-corrected chi connectivity index (χ3v) is 2.51. The molecule has 1 aromatic rings. The van der Waals surface area contributed by atoms with Crippen LogP contribution in [0.2, 0.25) is 5.02 Å². The topological polar surface area (TPSA) is 41.1 Å². The zero-order valence-electron chi connectivity index (χ0n) is 9.66. The lowest BCUT2D eigenvalue weighted by atomic mass is 10.1. The van der Waals surface area contributed by atoms with Crippen molar-refractivity contribution < 1.29 is 4.79 Å². The molecule has 1 amide bonds. The number of halogens is 1. The van der Waals surface area contributed by atoms with Gasteiger partial charge in [0, 0.05) is 5.02 Å². The smallest absolute Gasteiger partial charge is 0.234 e. The highest BCUT2D eigenvalue weighted by Gasteiger charge is 2.08. The summed E-state index contributed by atoms with van der Waals surface area (Å²) in [6, 6.07) is 7.34. The fraction of sp³-hybridized carbons (Fsp3) is 0.308. The number of hydrogen-bond donors (Lipinski definition) is 2. The Morgan fingerprint density at radius 3 is 2.71 bits per heavy atom. The first-order chi connectivity index (χ1) is 8.13. The molecule has 4 heteroatoms. The highest BCUT2D eigenvalue weighted by Crippen LogP contribution is 2.15. The third-order valence-electron chi connectivity index (χ3n) is 2.26. The van der Waals surface area contributed by atoms with E-state index in [4.69, 9.17) is 18.0 Å². The second-order valence-corrected chi connectivity index (χ2v) is 4.08. The Morgan fingerprint density at radius 1 is 1.47 bits per heavy atom. The largest absolute Gasteiger partial charge is 0.348 e. The van der Waals surface area contributed by atoms with Crippen LogP contribution in [0.3, 0.4) is 0 Å². The number of terminal acetylenes is 1. The molecule has 1 atom stereocenters. The van der Waals surface area contributed by atoms with Crippen molar-refractivity contribution in [3.8, 4) is 12.3 Å². The molecule has 17 heavy (non-hydrogen) atoms. The van der Waals surface area contributed by atoms with Crippen LogP contribution < -0.4 is 10.6 Å². The second kappa shape index (κ2) is 6.95. The van der Waals surface area contributed by atoms with Crippen molar-refractivity contribution >= 4 is 17.5 Å². The highest BCUT2D eigenvalue weighted by molar-refractivity contribution is 6.30. The van der Waals surface area contributed by atoms with E-state index in [1.165, 1.54) is 0 Å². The van der Waals surface area contributed by atoms with E-state index in [2.05, 4.69) is 16.6 Å². The minimum absolute atomic E-state index is 0.0487. The van der Waals surface area contributed by atoms with Crippen molar-refractivity contribution in [3.63, 3.8) is 0 Å². The highest BCUT2D eigenvalue weighted by atomic mass is 35.5. The molecular formula is C13H15ClN2O. The van der Waals surface area contributed by atoms with E-state index in [9.17, 15) is 4.79 Å². The van der Waals surface area contributed by atoms with Gasteiger partial charge in [-0.3, -0.25) is 10.1 Å². The molecule has 0 radical (unpaired) electrons. The molecule has 0 spiro atoms. The van der Waals surface area contributed by atoms with E-state index in [0.29, 0.717) is 11.6 Å². The van der Waals surface area contributed by atoms with Gasteiger partial charge in [-0.1, -0.05) is 29.7 Å². The number of carbonyl (C=O) groups excluding carboxylic acids is 1. The van der Waals surface area contributed by atoms with Gasteiger partial charge in [-0.05, 0) is 24.6 Å². The SMILES string of the molecule is C#CCNCC(=O)N[C@@H](C)c1ccc(Cl)cc1. The van der Waals surface area contributed by atoms with E-state index in [0.717, 1.165) is 5.56 Å². The van der Waals surface area contributed by atoms with Crippen molar-refractivity contribution in [2.45, 2.75) is 13.0 Å². The molecule has 0 unspecified atom stereocenters. The van der Waals surface area contributed by atoms with Crippen LogP contribution in [0.4, 0.5) is 0 Å². The monoisotopic (exact) mass is 250 g/mol. The molecule has 3 nitrogen and oxygen atoms in total. The van der Waals surface area contributed by atoms with E-state index in [-0.39, 0.29) is 18.5 Å². The summed E-state index contributed by atoms with van der Waals surface area (Å²) in [6.45, 7) is 2.53. The minimum atomic E-state index is -0.0808. The van der Waals surface area contributed by atoms with E-state index >= 15 is 0 Å². The maximum absolute atomic E-state index is 11.5. The van der Waals surface area contributed by atoms with Crippen molar-refractivity contribution in [1.29, 1.82) is 0 Å². The Balaban J connectivity index is 2.43. The predicted octanol–water partition coefficient (Wildman–Crippen LogP) is 1.74. The Labute approximate surface area is 107 Å². The summed E-state index contributed by atoms with van der Waals surface area (Å²) in [6.07, 6.45) is 5.06. The molecule has 0 aromatic heterocycles. The first-order valence-electron chi connectivity index (χ1n) is 5.32. The normalized spacial score (nSPS) is 11.6. The zero-order valence-corrected chi connectivity index (χ0v) is 10.4. The van der Waals surface area contributed by atoms with E-state index in [1.807, 2.05) is 19.1 Å². The molecule has 2 N–H and O–H groups in total. The Morgan fingerprint density at radius 2 is 2.12 bits per heavy atom. The molecule has 0 bridgehead atoms. The maximum atomic E-state index is 11.5. The second-order valence-electron chi connectivity index (χ2n) is 3.65. The first-order valence-corrected chi connectivity index (χ1v) is 5.70. The fourth-order valence-corrected chi connectivity index (χ4v) is 1.50. The standard InChI is InChI=1S/C13H15ClN2O/c1-3-8-15-9-13(17)16-10(2)11-4-6-12(14)7-5-11/h1,4-7,10,15H,8-9H2,2H3,(H,16,17)/t10-/m0/s1. The van der Waals surface area contributed by atoms with Crippen LogP contribution >= 0.6 is 11.6 Å². The lowest BCUT2D eigenvalue weighted by molar-refractivity contribution is -0.120. The van der Waals surface area contributed by atoms with Crippen LogP contribution in [0.5, 0.6) is 0 Å². The first kappa shape index (κ1) is 13.6. The van der Waals surface area contributed by atoms with Gasteiger partial charge in [0.2, 0.25) is 5.91 Å². The summed E-state index contributed by atoms with van der Waals surface area (Å²) >= 11 is 5.79. The average molecular weight is 251 g/mol. The molecule has 0 aliphatic rings. The lowest BCUT2D eigenvalue weighted by Gasteiger charge is -2.14. The Kier molecular flexibility index (Phi) is 5.55. The summed E-state index contributed by atoms with van der Waals surface area (Å²) < 4.78 is 0. The molecule has 0 heterocycles. The van der Waals surface area contributed by atoms with Crippen LogP contribution in [0.15, 0.2) is 24.3 Å². The molecule has 0 aliphatic heterocycles. The molecule has 1 aromatic carbocycles. The van der Waals surface area contributed by atoms with E-state index in [1.54, 1.807) is 12.1 Å². The molecule has 90 valence electrons. The summed E-state index contributed by atoms with van der Waals surface area (Å²) in [5.74, 6) is 2.33. The van der Waals surface area contributed by atoms with E-state index < -0.39 is 0 Å². The van der Waals surface area contributed by atoms with Gasteiger partial charge >= 0.3 is 0 Å². The number of nitrogens with one attached hydrogen (secondary N) is 2.